The number of carbonyl (C=O) groups is 2. The van der Waals surface area contributed by atoms with Crippen molar-refractivity contribution in [3.05, 3.63) is 120 Å². The number of nitrogens with one attached hydrogen (secondary N) is 2. The molecule has 0 atom stereocenters. The van der Waals surface area contributed by atoms with Crippen molar-refractivity contribution in [3.8, 4) is 0 Å². The van der Waals surface area contributed by atoms with Gasteiger partial charge in [0.15, 0.2) is 0 Å². The smallest absolute Gasteiger partial charge is 0.381 e. The summed E-state index contributed by atoms with van der Waals surface area (Å²) in [6.07, 6.45) is 0. The minimum atomic E-state index is -0.921. The number of amides is 2. The van der Waals surface area contributed by atoms with Crippen molar-refractivity contribution in [2.75, 3.05) is 37.1 Å². The van der Waals surface area contributed by atoms with Gasteiger partial charge in [0.1, 0.15) is 0 Å². The first-order valence-corrected chi connectivity index (χ1v) is 14.6. The van der Waals surface area contributed by atoms with E-state index in [4.69, 9.17) is 9.47 Å². The molecule has 2 amide bonds. The Morgan fingerprint density at radius 1 is 0.660 bits per heavy atom. The Bertz CT molecular complexity index is 1270. The molecule has 4 aromatic carbocycles. The Morgan fingerprint density at radius 3 is 1.21 bits per heavy atom. The van der Waals surface area contributed by atoms with E-state index in [1.165, 1.54) is 0 Å². The van der Waals surface area contributed by atoms with Crippen LogP contribution in [0.1, 0.15) is 41.5 Å². The molecule has 0 bridgehead atoms. The first-order chi connectivity index (χ1) is 21.7. The van der Waals surface area contributed by atoms with Crippen LogP contribution in [0.4, 0.5) is 28.9 Å². The number of carbonyl (C=O) groups excluding carboxylic acids is 2. The summed E-state index contributed by atoms with van der Waals surface area (Å²) >= 11 is 0. The molecule has 4 rings (SSSR count). The van der Waals surface area contributed by atoms with Gasteiger partial charge in [-0.3, -0.25) is 9.59 Å². The second-order valence-electron chi connectivity index (χ2n) is 10.9. The summed E-state index contributed by atoms with van der Waals surface area (Å²) in [5, 5.41) is 4.79. The zero-order chi connectivity index (χ0) is 34.6. The first-order valence-electron chi connectivity index (χ1n) is 14.6. The normalized spacial score (nSPS) is 10.4. The molecule has 0 aliphatic carbocycles. The van der Waals surface area contributed by atoms with Crippen LogP contribution in [-0.2, 0) is 40.8 Å². The largest absolute Gasteiger partial charge is 4.00 e. The molecule has 11 heteroatoms. The summed E-state index contributed by atoms with van der Waals surface area (Å²) in [4.78, 5) is 23.8. The van der Waals surface area contributed by atoms with E-state index >= 15 is 0 Å². The quantitative estimate of drug-likeness (QED) is 0.0997. The van der Waals surface area contributed by atoms with Gasteiger partial charge in [-0.15, -0.1) is 36.4 Å². The molecule has 0 aromatic heterocycles. The zero-order valence-corrected chi connectivity index (χ0v) is 29.1. The number of ether oxygens (including phenoxy) is 2. The van der Waals surface area contributed by atoms with E-state index in [0.29, 0.717) is 13.2 Å². The summed E-state index contributed by atoms with van der Waals surface area (Å²) in [7, 11) is 0. The molecule has 4 aromatic rings. The van der Waals surface area contributed by atoms with E-state index < -0.39 is 45.9 Å². The Morgan fingerprint density at radius 2 is 0.979 bits per heavy atom. The molecule has 2 N–H and O–H groups in total. The predicted molar refractivity (Wildman–Crippen MR) is 172 cm³/mol. The maximum absolute atomic E-state index is 13.3. The summed E-state index contributed by atoms with van der Waals surface area (Å²) in [5.41, 5.74) is -1.77. The van der Waals surface area contributed by atoms with Crippen molar-refractivity contribution in [2.24, 2.45) is 10.8 Å². The predicted octanol–water partition coefficient (Wildman–Crippen LogP) is 8.34. The maximum Gasteiger partial charge on any atom is 4.00 e. The van der Waals surface area contributed by atoms with E-state index in [1.54, 1.807) is 27.7 Å². The maximum atomic E-state index is 13.3. The molecule has 0 saturated heterocycles. The molecular formula is C36H42F4N2O4Ti. The van der Waals surface area contributed by atoms with Crippen LogP contribution in [0.25, 0.3) is 0 Å². The Labute approximate surface area is 290 Å². The standard InChI is InChI=1S/2C13H16F2NO2.2C5H5.Ti/c2*1-4-18-8-13(2,3)12(17)16-11-6-5-9(14)7-10(11)15;2*1-2-4-5-3-1;/h2*5-6H,4,8H2,1-3H3,(H,16,17);2*1-5H;/q4*-1;+4. The van der Waals surface area contributed by atoms with Crippen LogP contribution in [0.5, 0.6) is 0 Å². The summed E-state index contributed by atoms with van der Waals surface area (Å²) in [6, 6.07) is 28.1. The summed E-state index contributed by atoms with van der Waals surface area (Å²) < 4.78 is 62.3. The molecular weight excluding hydrogens is 648 g/mol. The monoisotopic (exact) mass is 690 g/mol. The molecule has 0 aliphatic rings. The van der Waals surface area contributed by atoms with Gasteiger partial charge >= 0.3 is 21.7 Å². The Hall–Kier alpha value is -3.57. The topological polar surface area (TPSA) is 76.7 Å². The van der Waals surface area contributed by atoms with Gasteiger partial charge in [-0.25, -0.2) is 41.8 Å². The van der Waals surface area contributed by atoms with Crippen molar-refractivity contribution < 1.29 is 58.3 Å². The zero-order valence-electron chi connectivity index (χ0n) is 27.6. The molecule has 0 fully saturated rings. The van der Waals surface area contributed by atoms with Crippen LogP contribution in [-0.4, -0.2) is 38.2 Å². The van der Waals surface area contributed by atoms with Crippen LogP contribution < -0.4 is 10.6 Å². The van der Waals surface area contributed by atoms with Gasteiger partial charge < -0.3 is 20.1 Å². The Balaban J connectivity index is 0.000000681. The third-order valence-electron chi connectivity index (χ3n) is 5.89. The van der Waals surface area contributed by atoms with Crippen LogP contribution in [0.15, 0.2) is 84.9 Å². The second kappa shape index (κ2) is 22.9. The van der Waals surface area contributed by atoms with E-state index in [2.05, 4.69) is 10.6 Å². The van der Waals surface area contributed by atoms with Crippen molar-refractivity contribution in [1.82, 2.24) is 0 Å². The average molecular weight is 691 g/mol. The SMILES string of the molecule is CCOCC(C)(C)C(=O)Nc1ccc(F)[c-]c1F.CCOCC(C)(C)C(=O)Nc1ccc(F)[c-]c1F.[Ti+4].c1cc[cH-]c1.c1cc[cH-]c1. The van der Waals surface area contributed by atoms with E-state index in [1.807, 2.05) is 86.6 Å². The van der Waals surface area contributed by atoms with E-state index in [9.17, 15) is 27.2 Å². The van der Waals surface area contributed by atoms with Crippen molar-refractivity contribution in [2.45, 2.75) is 41.5 Å². The average Bonchev–Trinajstić information content (AvgIpc) is 3.78. The third-order valence-corrected chi connectivity index (χ3v) is 5.89. The fourth-order valence-electron chi connectivity index (χ4n) is 3.15. The minimum Gasteiger partial charge on any atom is -0.381 e. The molecule has 0 heterocycles. The first kappa shape index (κ1) is 43.4. The fraction of sp³-hybridized carbons (Fsp3) is 0.333. The van der Waals surface area contributed by atoms with Gasteiger partial charge in [-0.2, -0.15) is 36.4 Å². The Kier molecular flexibility index (Phi) is 21.1. The molecule has 252 valence electrons. The second-order valence-corrected chi connectivity index (χ2v) is 10.9. The van der Waals surface area contributed by atoms with Crippen LogP contribution in [0.3, 0.4) is 0 Å². The molecule has 0 aliphatic heterocycles. The van der Waals surface area contributed by atoms with Gasteiger partial charge in [0.2, 0.25) is 11.8 Å². The van der Waals surface area contributed by atoms with Gasteiger partial charge in [0.25, 0.3) is 0 Å². The van der Waals surface area contributed by atoms with Gasteiger partial charge in [0, 0.05) is 36.5 Å². The van der Waals surface area contributed by atoms with Crippen molar-refractivity contribution in [3.63, 3.8) is 0 Å². The fourth-order valence-corrected chi connectivity index (χ4v) is 3.15. The van der Waals surface area contributed by atoms with Gasteiger partial charge in [-0.1, -0.05) is 0 Å². The van der Waals surface area contributed by atoms with Gasteiger partial charge in [0.05, 0.1) is 24.0 Å². The molecule has 0 spiro atoms. The third kappa shape index (κ3) is 17.8. The van der Waals surface area contributed by atoms with Crippen molar-refractivity contribution >= 4 is 23.2 Å². The van der Waals surface area contributed by atoms with Gasteiger partial charge in [-0.05, 0) is 52.9 Å². The molecule has 6 nitrogen and oxygen atoms in total. The summed E-state index contributed by atoms with van der Waals surface area (Å²) in [6.45, 7) is 11.8. The number of rotatable bonds is 10. The number of hydrogen-bond acceptors (Lipinski definition) is 4. The molecule has 0 unspecified atom stereocenters. The number of benzene rings is 2. The van der Waals surface area contributed by atoms with Crippen molar-refractivity contribution in [1.29, 1.82) is 0 Å². The van der Waals surface area contributed by atoms with Crippen LogP contribution in [0, 0.1) is 46.2 Å². The number of hydrogen-bond donors (Lipinski definition) is 2. The molecule has 0 saturated carbocycles. The van der Waals surface area contributed by atoms with E-state index in [0.717, 1.165) is 24.3 Å². The minimum absolute atomic E-state index is 0. The molecule has 0 radical (unpaired) electrons. The van der Waals surface area contributed by atoms with Crippen LogP contribution >= 0.6 is 0 Å². The summed E-state index contributed by atoms with van der Waals surface area (Å²) in [5.74, 6) is -4.24. The van der Waals surface area contributed by atoms with E-state index in [-0.39, 0.29) is 46.3 Å². The molecule has 47 heavy (non-hydrogen) atoms. The number of halogens is 4. The van der Waals surface area contributed by atoms with Crippen LogP contribution in [0.2, 0.25) is 0 Å². The number of anilines is 2.